The van der Waals surface area contributed by atoms with E-state index in [9.17, 15) is 9.59 Å². The predicted molar refractivity (Wildman–Crippen MR) is 90.9 cm³/mol. The van der Waals surface area contributed by atoms with Crippen LogP contribution in [-0.2, 0) is 0 Å². The Morgan fingerprint density at radius 1 is 1.33 bits per heavy atom. The first kappa shape index (κ1) is 14.3. The number of nitrogens with one attached hydrogen (secondary N) is 1. The maximum Gasteiger partial charge on any atom is 0.349 e. The number of H-pyrrole nitrogens is 1. The third-order valence-electron chi connectivity index (χ3n) is 2.75. The highest BCUT2D eigenvalue weighted by Crippen LogP contribution is 2.21. The van der Waals surface area contributed by atoms with Gasteiger partial charge >= 0.3 is 5.69 Å². The molecule has 0 saturated carbocycles. The monoisotopic (exact) mass is 459 g/mol. The van der Waals surface area contributed by atoms with Crippen molar-refractivity contribution >= 4 is 55.6 Å². The molecule has 0 aliphatic rings. The van der Waals surface area contributed by atoms with E-state index in [1.807, 2.05) is 22.6 Å². The van der Waals surface area contributed by atoms with Gasteiger partial charge in [0.1, 0.15) is 5.76 Å². The molecule has 0 aliphatic heterocycles. The third-order valence-corrected chi connectivity index (χ3v) is 4.88. The van der Waals surface area contributed by atoms with Crippen LogP contribution in [0.25, 0.3) is 10.9 Å². The van der Waals surface area contributed by atoms with Gasteiger partial charge in [0.25, 0.3) is 5.56 Å². The van der Waals surface area contributed by atoms with Crippen molar-refractivity contribution in [2.24, 2.45) is 5.10 Å². The Balaban J connectivity index is 2.12. The van der Waals surface area contributed by atoms with Gasteiger partial charge in [-0.3, -0.25) is 4.79 Å². The number of fused-ring (bicyclic) bond motifs is 1. The van der Waals surface area contributed by atoms with E-state index in [4.69, 9.17) is 4.42 Å². The highest BCUT2D eigenvalue weighted by Gasteiger charge is 2.07. The molecule has 2 heterocycles. The van der Waals surface area contributed by atoms with Crippen molar-refractivity contribution in [3.05, 3.63) is 65.2 Å². The summed E-state index contributed by atoms with van der Waals surface area (Å²) in [6.45, 7) is 0. The molecule has 0 bridgehead atoms. The normalized spacial score (nSPS) is 11.5. The highest BCUT2D eigenvalue weighted by atomic mass is 127. The second kappa shape index (κ2) is 5.60. The van der Waals surface area contributed by atoms with Crippen LogP contribution in [0.4, 0.5) is 0 Å². The number of hydrogen-bond acceptors (Lipinski definition) is 4. The lowest BCUT2D eigenvalue weighted by atomic mass is 10.2. The maximum atomic E-state index is 12.2. The standard InChI is InChI=1S/C13H7BrIN3O3/c14-9-5-7(21-11(9)15)6-16-18-12(19)8-3-1-2-4-10(8)17-13(18)20/h1-6H,(H,17,20). The number of hydrogen-bond donors (Lipinski definition) is 1. The van der Waals surface area contributed by atoms with Gasteiger partial charge in [0.15, 0.2) is 3.77 Å². The molecule has 0 fully saturated rings. The summed E-state index contributed by atoms with van der Waals surface area (Å²) in [6.07, 6.45) is 1.32. The Labute approximate surface area is 139 Å². The number of aromatic amines is 1. The quantitative estimate of drug-likeness (QED) is 0.472. The first-order valence-electron chi connectivity index (χ1n) is 5.79. The second-order valence-electron chi connectivity index (χ2n) is 4.11. The van der Waals surface area contributed by atoms with E-state index >= 15 is 0 Å². The van der Waals surface area contributed by atoms with Gasteiger partial charge in [-0.15, -0.1) is 4.68 Å². The van der Waals surface area contributed by atoms with Crippen LogP contribution >= 0.6 is 38.5 Å². The number of halogens is 2. The van der Waals surface area contributed by atoms with E-state index in [1.54, 1.807) is 30.3 Å². The number of rotatable bonds is 2. The molecule has 1 aromatic carbocycles. The van der Waals surface area contributed by atoms with Gasteiger partial charge < -0.3 is 9.40 Å². The van der Waals surface area contributed by atoms with Crippen molar-refractivity contribution in [3.63, 3.8) is 0 Å². The van der Waals surface area contributed by atoms with Crippen LogP contribution in [0.15, 0.2) is 53.9 Å². The second-order valence-corrected chi connectivity index (χ2v) is 5.94. The summed E-state index contributed by atoms with van der Waals surface area (Å²) in [6, 6.07) is 8.46. The van der Waals surface area contributed by atoms with Gasteiger partial charge in [0.05, 0.1) is 21.6 Å². The fourth-order valence-corrected chi connectivity index (χ4v) is 2.52. The molecule has 0 saturated heterocycles. The van der Waals surface area contributed by atoms with E-state index in [0.29, 0.717) is 20.4 Å². The summed E-state index contributed by atoms with van der Waals surface area (Å²) in [7, 11) is 0. The van der Waals surface area contributed by atoms with Crippen LogP contribution in [0.3, 0.4) is 0 Å². The van der Waals surface area contributed by atoms with Gasteiger partial charge in [-0.25, -0.2) is 4.79 Å². The molecular formula is C13H7BrIN3O3. The fraction of sp³-hybridized carbons (Fsp3) is 0. The number of aromatic nitrogens is 2. The molecule has 6 nitrogen and oxygen atoms in total. The molecule has 21 heavy (non-hydrogen) atoms. The summed E-state index contributed by atoms with van der Waals surface area (Å²) in [4.78, 5) is 26.7. The largest absolute Gasteiger partial charge is 0.448 e. The maximum absolute atomic E-state index is 12.2. The zero-order valence-electron chi connectivity index (χ0n) is 10.3. The zero-order valence-corrected chi connectivity index (χ0v) is 14.1. The van der Waals surface area contributed by atoms with E-state index in [1.165, 1.54) is 6.21 Å². The Morgan fingerprint density at radius 2 is 2.10 bits per heavy atom. The van der Waals surface area contributed by atoms with Crippen LogP contribution in [0.5, 0.6) is 0 Å². The summed E-state index contributed by atoms with van der Waals surface area (Å²) in [5.74, 6) is 0.436. The third kappa shape index (κ3) is 2.72. The lowest BCUT2D eigenvalue weighted by molar-refractivity contribution is 0.529. The van der Waals surface area contributed by atoms with Gasteiger partial charge in [-0.1, -0.05) is 12.1 Å². The van der Waals surface area contributed by atoms with Crippen LogP contribution < -0.4 is 11.2 Å². The zero-order chi connectivity index (χ0) is 15.0. The molecule has 0 atom stereocenters. The minimum absolute atomic E-state index is 0.393. The Hall–Kier alpha value is -1.68. The average Bonchev–Trinajstić information content (AvgIpc) is 2.77. The van der Waals surface area contributed by atoms with Gasteiger partial charge in [0, 0.05) is 28.7 Å². The molecule has 8 heteroatoms. The Bertz CT molecular complexity index is 951. The first-order chi connectivity index (χ1) is 10.1. The van der Waals surface area contributed by atoms with Crippen LogP contribution in [-0.4, -0.2) is 15.9 Å². The van der Waals surface area contributed by atoms with Crippen LogP contribution in [0.2, 0.25) is 0 Å². The van der Waals surface area contributed by atoms with E-state index in [0.717, 1.165) is 9.15 Å². The summed E-state index contributed by atoms with van der Waals surface area (Å²) in [5.41, 5.74) is -0.601. The average molecular weight is 460 g/mol. The molecule has 0 spiro atoms. The lowest BCUT2D eigenvalue weighted by Gasteiger charge is -1.99. The molecular weight excluding hydrogens is 453 g/mol. The van der Waals surface area contributed by atoms with Crippen molar-refractivity contribution < 1.29 is 4.42 Å². The summed E-state index contributed by atoms with van der Waals surface area (Å²) >= 11 is 5.32. The molecule has 0 unspecified atom stereocenters. The van der Waals surface area contributed by atoms with Crippen LogP contribution in [0.1, 0.15) is 5.76 Å². The van der Waals surface area contributed by atoms with Crippen molar-refractivity contribution in [1.82, 2.24) is 9.66 Å². The van der Waals surface area contributed by atoms with E-state index in [2.05, 4.69) is 26.0 Å². The van der Waals surface area contributed by atoms with Crippen molar-refractivity contribution in [2.45, 2.75) is 0 Å². The molecule has 2 aromatic heterocycles. The van der Waals surface area contributed by atoms with E-state index < -0.39 is 11.2 Å². The lowest BCUT2D eigenvalue weighted by Crippen LogP contribution is -2.32. The van der Waals surface area contributed by atoms with Crippen LogP contribution in [0, 0.1) is 3.77 Å². The Morgan fingerprint density at radius 3 is 2.81 bits per heavy atom. The Kier molecular flexibility index (Phi) is 3.81. The number of furan rings is 1. The number of benzene rings is 1. The molecule has 0 radical (unpaired) electrons. The molecule has 106 valence electrons. The molecule has 3 rings (SSSR count). The highest BCUT2D eigenvalue weighted by molar-refractivity contribution is 14.1. The number of nitrogens with zero attached hydrogens (tertiary/aromatic N) is 2. The number of para-hydroxylation sites is 1. The van der Waals surface area contributed by atoms with Crippen molar-refractivity contribution in [3.8, 4) is 0 Å². The summed E-state index contributed by atoms with van der Waals surface area (Å²) in [5, 5.41) is 4.29. The fourth-order valence-electron chi connectivity index (χ4n) is 1.80. The summed E-state index contributed by atoms with van der Waals surface area (Å²) < 4.78 is 7.58. The van der Waals surface area contributed by atoms with Gasteiger partial charge in [0.2, 0.25) is 0 Å². The topological polar surface area (TPSA) is 80.4 Å². The van der Waals surface area contributed by atoms with Gasteiger partial charge in [-0.2, -0.15) is 5.10 Å². The molecule has 3 aromatic rings. The molecule has 0 aliphatic carbocycles. The van der Waals surface area contributed by atoms with Crippen molar-refractivity contribution in [1.29, 1.82) is 0 Å². The predicted octanol–water partition coefficient (Wildman–Crippen LogP) is 2.53. The molecule has 1 N–H and O–H groups in total. The van der Waals surface area contributed by atoms with Gasteiger partial charge in [-0.05, 0) is 28.1 Å². The minimum atomic E-state index is -0.602. The smallest absolute Gasteiger partial charge is 0.349 e. The van der Waals surface area contributed by atoms with E-state index in [-0.39, 0.29) is 0 Å². The molecule has 0 amide bonds. The van der Waals surface area contributed by atoms with Crippen molar-refractivity contribution in [2.75, 3.05) is 0 Å². The first-order valence-corrected chi connectivity index (χ1v) is 7.66. The SMILES string of the molecule is O=c1[nH]c2ccccc2c(=O)n1N=Cc1cc(Br)c(I)o1. The minimum Gasteiger partial charge on any atom is -0.448 e.